The smallest absolute Gasteiger partial charge is 0.142 e. The molecule has 0 radical (unpaired) electrons. The second-order valence-corrected chi connectivity index (χ2v) is 4.83. The number of rotatable bonds is 3. The molecule has 1 N–H and O–H groups in total. The van der Waals surface area contributed by atoms with E-state index in [1.54, 1.807) is 0 Å². The van der Waals surface area contributed by atoms with E-state index in [0.717, 1.165) is 17.7 Å². The maximum Gasteiger partial charge on any atom is 0.142 e. The van der Waals surface area contributed by atoms with Crippen molar-refractivity contribution in [2.45, 2.75) is 12.5 Å². The van der Waals surface area contributed by atoms with Crippen molar-refractivity contribution in [3.63, 3.8) is 0 Å². The van der Waals surface area contributed by atoms with E-state index >= 15 is 0 Å². The number of hydrogen-bond donors (Lipinski definition) is 1. The molecule has 17 heavy (non-hydrogen) atoms. The summed E-state index contributed by atoms with van der Waals surface area (Å²) >= 11 is 6.92. The third-order valence-corrected chi connectivity index (χ3v) is 3.43. The molecule has 1 aromatic carbocycles. The highest BCUT2D eigenvalue weighted by atomic mass is 35.5. The van der Waals surface area contributed by atoms with E-state index in [2.05, 4.69) is 0 Å². The van der Waals surface area contributed by atoms with Crippen LogP contribution >= 0.6 is 22.9 Å². The van der Waals surface area contributed by atoms with Crippen molar-refractivity contribution in [1.29, 1.82) is 0 Å². The van der Waals surface area contributed by atoms with Gasteiger partial charge in [0.2, 0.25) is 0 Å². The second kappa shape index (κ2) is 5.12. The summed E-state index contributed by atoms with van der Waals surface area (Å²) in [6.45, 7) is 0. The van der Waals surface area contributed by atoms with E-state index in [9.17, 15) is 13.9 Å². The number of aliphatic hydroxyl groups is 1. The van der Waals surface area contributed by atoms with E-state index in [1.165, 1.54) is 11.3 Å². The van der Waals surface area contributed by atoms with Crippen LogP contribution in [-0.2, 0) is 6.42 Å². The lowest BCUT2D eigenvalue weighted by molar-refractivity contribution is 0.173. The third kappa shape index (κ3) is 2.83. The van der Waals surface area contributed by atoms with Crippen molar-refractivity contribution in [3.8, 4) is 0 Å². The zero-order valence-electron chi connectivity index (χ0n) is 8.66. The summed E-state index contributed by atoms with van der Waals surface area (Å²) in [4.78, 5) is 0. The average molecular weight is 275 g/mol. The quantitative estimate of drug-likeness (QED) is 0.840. The molecular formula is C12H9ClF2OS. The van der Waals surface area contributed by atoms with E-state index in [4.69, 9.17) is 11.6 Å². The highest BCUT2D eigenvalue weighted by Crippen LogP contribution is 2.26. The largest absolute Gasteiger partial charge is 0.388 e. The minimum absolute atomic E-state index is 0.0712. The first-order valence-corrected chi connectivity index (χ1v) is 6.23. The van der Waals surface area contributed by atoms with Gasteiger partial charge in [0.15, 0.2) is 0 Å². The summed E-state index contributed by atoms with van der Waals surface area (Å²) in [5.41, 5.74) is 0.815. The Morgan fingerprint density at radius 1 is 1.29 bits per heavy atom. The van der Waals surface area contributed by atoms with Crippen molar-refractivity contribution in [2.24, 2.45) is 0 Å². The summed E-state index contributed by atoms with van der Waals surface area (Å²) in [7, 11) is 0. The van der Waals surface area contributed by atoms with Gasteiger partial charge in [0.1, 0.15) is 11.6 Å². The van der Waals surface area contributed by atoms with Crippen molar-refractivity contribution >= 4 is 22.9 Å². The molecule has 90 valence electrons. The first kappa shape index (κ1) is 12.5. The maximum absolute atomic E-state index is 13.5. The molecular weight excluding hydrogens is 266 g/mol. The van der Waals surface area contributed by atoms with Crippen LogP contribution in [-0.4, -0.2) is 5.11 Å². The monoisotopic (exact) mass is 274 g/mol. The van der Waals surface area contributed by atoms with Crippen LogP contribution in [0.4, 0.5) is 8.78 Å². The lowest BCUT2D eigenvalue weighted by Gasteiger charge is -2.11. The van der Waals surface area contributed by atoms with Crippen LogP contribution in [0.2, 0.25) is 5.02 Å². The molecule has 0 saturated heterocycles. The topological polar surface area (TPSA) is 20.2 Å². The molecule has 1 unspecified atom stereocenters. The van der Waals surface area contributed by atoms with Gasteiger partial charge in [-0.2, -0.15) is 11.3 Å². The van der Waals surface area contributed by atoms with Gasteiger partial charge in [0.05, 0.1) is 11.1 Å². The Bertz CT molecular complexity index is 513. The molecule has 0 aliphatic carbocycles. The van der Waals surface area contributed by atoms with Gasteiger partial charge in [0.25, 0.3) is 0 Å². The highest BCUT2D eigenvalue weighted by molar-refractivity contribution is 7.07. The van der Waals surface area contributed by atoms with E-state index < -0.39 is 17.7 Å². The predicted molar refractivity (Wildman–Crippen MR) is 64.4 cm³/mol. The van der Waals surface area contributed by atoms with Crippen LogP contribution in [0.1, 0.15) is 17.2 Å². The number of aliphatic hydroxyl groups excluding tert-OH is 1. The molecule has 0 spiro atoms. The average Bonchev–Trinajstić information content (AvgIpc) is 2.76. The highest BCUT2D eigenvalue weighted by Gasteiger charge is 2.16. The first-order valence-electron chi connectivity index (χ1n) is 4.91. The van der Waals surface area contributed by atoms with Gasteiger partial charge >= 0.3 is 0 Å². The molecule has 5 heteroatoms. The van der Waals surface area contributed by atoms with E-state index in [0.29, 0.717) is 0 Å². The Labute approximate surface area is 106 Å². The van der Waals surface area contributed by atoms with Crippen LogP contribution in [0.25, 0.3) is 0 Å². The van der Waals surface area contributed by atoms with Gasteiger partial charge in [-0.3, -0.25) is 0 Å². The lowest BCUT2D eigenvalue weighted by Crippen LogP contribution is -2.04. The molecule has 1 heterocycles. The Balaban J connectivity index is 2.24. The molecule has 1 nitrogen and oxygen atoms in total. The van der Waals surface area contributed by atoms with E-state index in [-0.39, 0.29) is 17.0 Å². The van der Waals surface area contributed by atoms with Crippen molar-refractivity contribution < 1.29 is 13.9 Å². The Morgan fingerprint density at radius 2 is 2.06 bits per heavy atom. The molecule has 1 aromatic heterocycles. The molecule has 0 fully saturated rings. The van der Waals surface area contributed by atoms with Crippen LogP contribution in [0.3, 0.4) is 0 Å². The first-order chi connectivity index (χ1) is 8.08. The molecule has 0 amide bonds. The van der Waals surface area contributed by atoms with Crippen LogP contribution in [0, 0.1) is 11.6 Å². The SMILES string of the molecule is OC(Cc1ccsc1)c1cc(F)c(Cl)cc1F. The van der Waals surface area contributed by atoms with Gasteiger partial charge in [0, 0.05) is 12.0 Å². The predicted octanol–water partition coefficient (Wildman–Crippen LogP) is 3.96. The second-order valence-electron chi connectivity index (χ2n) is 3.64. The van der Waals surface area contributed by atoms with Gasteiger partial charge in [-0.25, -0.2) is 8.78 Å². The van der Waals surface area contributed by atoms with Crippen molar-refractivity contribution in [2.75, 3.05) is 0 Å². The zero-order valence-corrected chi connectivity index (χ0v) is 10.2. The molecule has 1 atom stereocenters. The van der Waals surface area contributed by atoms with Crippen LogP contribution < -0.4 is 0 Å². The number of hydrogen-bond acceptors (Lipinski definition) is 2. The van der Waals surface area contributed by atoms with Crippen LogP contribution in [0.15, 0.2) is 29.0 Å². The van der Waals surface area contributed by atoms with E-state index in [1.807, 2.05) is 16.8 Å². The van der Waals surface area contributed by atoms with Crippen molar-refractivity contribution in [3.05, 3.63) is 56.7 Å². The van der Waals surface area contributed by atoms with Gasteiger partial charge in [-0.05, 0) is 34.5 Å². The lowest BCUT2D eigenvalue weighted by atomic mass is 10.0. The summed E-state index contributed by atoms with van der Waals surface area (Å²) in [6, 6.07) is 3.65. The molecule has 2 aromatic rings. The minimum Gasteiger partial charge on any atom is -0.388 e. The summed E-state index contributed by atoms with van der Waals surface area (Å²) in [5, 5.41) is 13.3. The maximum atomic E-state index is 13.5. The van der Waals surface area contributed by atoms with Crippen LogP contribution in [0.5, 0.6) is 0 Å². The van der Waals surface area contributed by atoms with Gasteiger partial charge in [-0.15, -0.1) is 0 Å². The number of halogens is 3. The molecule has 0 aliphatic heterocycles. The Hall–Kier alpha value is -0.970. The van der Waals surface area contributed by atoms with Gasteiger partial charge in [-0.1, -0.05) is 11.6 Å². The minimum atomic E-state index is -1.07. The fourth-order valence-corrected chi connectivity index (χ4v) is 2.37. The fourth-order valence-electron chi connectivity index (χ4n) is 1.54. The fraction of sp³-hybridized carbons (Fsp3) is 0.167. The Morgan fingerprint density at radius 3 is 2.71 bits per heavy atom. The normalized spacial score (nSPS) is 12.7. The summed E-state index contributed by atoms with van der Waals surface area (Å²) < 4.78 is 26.7. The Kier molecular flexibility index (Phi) is 3.76. The van der Waals surface area contributed by atoms with Crippen molar-refractivity contribution in [1.82, 2.24) is 0 Å². The molecule has 0 saturated carbocycles. The zero-order chi connectivity index (χ0) is 12.4. The number of benzene rings is 1. The summed E-state index contributed by atoms with van der Waals surface area (Å²) in [5.74, 6) is -1.42. The van der Waals surface area contributed by atoms with Gasteiger partial charge < -0.3 is 5.11 Å². The summed E-state index contributed by atoms with van der Waals surface area (Å²) in [6.07, 6.45) is -0.821. The molecule has 2 rings (SSSR count). The number of thiophene rings is 1. The molecule has 0 bridgehead atoms. The molecule has 0 aliphatic rings. The standard InChI is InChI=1S/C12H9ClF2OS/c13-9-5-10(14)8(4-11(9)15)12(16)3-7-1-2-17-6-7/h1-2,4-6,12,16H,3H2. The third-order valence-electron chi connectivity index (χ3n) is 2.41.